The quantitative estimate of drug-likeness (QED) is 0.704. The molecule has 0 aliphatic heterocycles. The molecule has 14 heavy (non-hydrogen) atoms. The van der Waals surface area contributed by atoms with Crippen molar-refractivity contribution in [3.63, 3.8) is 0 Å². The fourth-order valence-electron chi connectivity index (χ4n) is 1.28. The summed E-state index contributed by atoms with van der Waals surface area (Å²) in [5.74, 6) is 0. The molecule has 1 aromatic carbocycles. The number of ether oxygens (including phenoxy) is 2. The third kappa shape index (κ3) is 3.46. The van der Waals surface area contributed by atoms with Gasteiger partial charge >= 0.3 is 0 Å². The smallest absolute Gasteiger partial charge is 0.147 e. The van der Waals surface area contributed by atoms with Crippen molar-refractivity contribution in [3.05, 3.63) is 35.9 Å². The normalized spacial score (nSPS) is 12.7. The van der Waals surface area contributed by atoms with Gasteiger partial charge in [0.25, 0.3) is 0 Å². The van der Waals surface area contributed by atoms with Gasteiger partial charge < -0.3 is 14.6 Å². The molecule has 0 heterocycles. The standard InChI is InChI=1S/C11H16O3/c1-13-9-14-11(7-8-12)10-5-3-2-4-6-10/h2-6,11-12H,7-9H2,1H3. The van der Waals surface area contributed by atoms with Gasteiger partial charge in [-0.1, -0.05) is 30.3 Å². The van der Waals surface area contributed by atoms with Gasteiger partial charge in [0.2, 0.25) is 0 Å². The van der Waals surface area contributed by atoms with Crippen molar-refractivity contribution in [2.75, 3.05) is 20.5 Å². The summed E-state index contributed by atoms with van der Waals surface area (Å²) in [5, 5.41) is 8.88. The lowest BCUT2D eigenvalue weighted by molar-refractivity contribution is -0.0793. The van der Waals surface area contributed by atoms with Crippen molar-refractivity contribution in [2.45, 2.75) is 12.5 Å². The Labute approximate surface area is 84.3 Å². The van der Waals surface area contributed by atoms with Crippen LogP contribution >= 0.6 is 0 Å². The third-order valence-electron chi connectivity index (χ3n) is 1.95. The van der Waals surface area contributed by atoms with Crippen molar-refractivity contribution >= 4 is 0 Å². The molecule has 0 saturated heterocycles. The van der Waals surface area contributed by atoms with Gasteiger partial charge in [-0.3, -0.25) is 0 Å². The molecule has 0 spiro atoms. The Hall–Kier alpha value is -0.900. The third-order valence-corrected chi connectivity index (χ3v) is 1.95. The zero-order chi connectivity index (χ0) is 10.2. The lowest BCUT2D eigenvalue weighted by Crippen LogP contribution is -2.08. The predicted octanol–water partition coefficient (Wildman–Crippen LogP) is 1.73. The van der Waals surface area contributed by atoms with Gasteiger partial charge in [-0.05, 0) is 5.56 Å². The minimum absolute atomic E-state index is 0.0823. The van der Waals surface area contributed by atoms with Crippen LogP contribution in [0.5, 0.6) is 0 Å². The average Bonchev–Trinajstić information content (AvgIpc) is 2.25. The Balaban J connectivity index is 2.58. The molecule has 1 aromatic rings. The highest BCUT2D eigenvalue weighted by Crippen LogP contribution is 2.20. The Morgan fingerprint density at radius 3 is 2.57 bits per heavy atom. The van der Waals surface area contributed by atoms with Gasteiger partial charge in [-0.25, -0.2) is 0 Å². The molecule has 1 atom stereocenters. The van der Waals surface area contributed by atoms with E-state index < -0.39 is 0 Å². The Kier molecular flexibility index (Phi) is 5.22. The molecule has 0 saturated carbocycles. The van der Waals surface area contributed by atoms with E-state index in [1.165, 1.54) is 0 Å². The molecule has 3 nitrogen and oxygen atoms in total. The van der Waals surface area contributed by atoms with Crippen molar-refractivity contribution in [2.24, 2.45) is 0 Å². The van der Waals surface area contributed by atoms with E-state index in [1.54, 1.807) is 7.11 Å². The second-order valence-electron chi connectivity index (χ2n) is 2.98. The molecule has 1 unspecified atom stereocenters. The number of aliphatic hydroxyl groups is 1. The summed E-state index contributed by atoms with van der Waals surface area (Å²) in [6.45, 7) is 0.364. The summed E-state index contributed by atoms with van der Waals surface area (Å²) >= 11 is 0. The van der Waals surface area contributed by atoms with E-state index >= 15 is 0 Å². The first-order valence-corrected chi connectivity index (χ1v) is 4.65. The van der Waals surface area contributed by atoms with Gasteiger partial charge in [0.15, 0.2) is 0 Å². The summed E-state index contributed by atoms with van der Waals surface area (Å²) in [6.07, 6.45) is 0.508. The average molecular weight is 196 g/mol. The molecule has 0 aliphatic carbocycles. The van der Waals surface area contributed by atoms with E-state index in [-0.39, 0.29) is 19.5 Å². The second-order valence-corrected chi connectivity index (χ2v) is 2.98. The maximum atomic E-state index is 8.88. The highest BCUT2D eigenvalue weighted by molar-refractivity contribution is 5.17. The number of benzene rings is 1. The van der Waals surface area contributed by atoms with Crippen molar-refractivity contribution in [1.29, 1.82) is 0 Å². The second kappa shape index (κ2) is 6.54. The summed E-state index contributed by atoms with van der Waals surface area (Å²) in [6, 6.07) is 9.83. The number of hydrogen-bond donors (Lipinski definition) is 1. The molecule has 0 aromatic heterocycles. The molecule has 78 valence electrons. The molecule has 1 N–H and O–H groups in total. The van der Waals surface area contributed by atoms with Crippen molar-refractivity contribution < 1.29 is 14.6 Å². The Morgan fingerprint density at radius 1 is 1.29 bits per heavy atom. The first-order chi connectivity index (χ1) is 6.88. The van der Waals surface area contributed by atoms with Crippen molar-refractivity contribution in [1.82, 2.24) is 0 Å². The van der Waals surface area contributed by atoms with Crippen LogP contribution in [0, 0.1) is 0 Å². The van der Waals surface area contributed by atoms with Gasteiger partial charge in [0.1, 0.15) is 6.79 Å². The summed E-state index contributed by atoms with van der Waals surface area (Å²) in [5.41, 5.74) is 1.07. The lowest BCUT2D eigenvalue weighted by atomic mass is 10.1. The largest absolute Gasteiger partial charge is 0.396 e. The molecule has 0 bridgehead atoms. The molecule has 1 rings (SSSR count). The molecule has 0 fully saturated rings. The number of aliphatic hydroxyl groups excluding tert-OH is 1. The van der Waals surface area contributed by atoms with Crippen LogP contribution in [-0.4, -0.2) is 25.6 Å². The van der Waals surface area contributed by atoms with E-state index in [2.05, 4.69) is 0 Å². The Morgan fingerprint density at radius 2 is 2.00 bits per heavy atom. The van der Waals surface area contributed by atoms with Gasteiger partial charge in [0.05, 0.1) is 6.10 Å². The maximum absolute atomic E-state index is 8.88. The number of hydrogen-bond acceptors (Lipinski definition) is 3. The van der Waals surface area contributed by atoms with Crippen LogP contribution in [0.1, 0.15) is 18.1 Å². The molecular formula is C11H16O3. The molecule has 0 radical (unpaired) electrons. The van der Waals surface area contributed by atoms with Crippen LogP contribution in [0.15, 0.2) is 30.3 Å². The zero-order valence-corrected chi connectivity index (χ0v) is 8.35. The van der Waals surface area contributed by atoms with E-state index in [1.807, 2.05) is 30.3 Å². The van der Waals surface area contributed by atoms with E-state index in [9.17, 15) is 0 Å². The first kappa shape index (κ1) is 11.2. The fourth-order valence-corrected chi connectivity index (χ4v) is 1.28. The highest BCUT2D eigenvalue weighted by Gasteiger charge is 2.10. The summed E-state index contributed by atoms with van der Waals surface area (Å²) in [7, 11) is 1.58. The van der Waals surface area contributed by atoms with E-state index in [4.69, 9.17) is 14.6 Å². The monoisotopic (exact) mass is 196 g/mol. The van der Waals surface area contributed by atoms with E-state index in [0.717, 1.165) is 5.56 Å². The number of rotatable bonds is 6. The van der Waals surface area contributed by atoms with Crippen LogP contribution in [-0.2, 0) is 9.47 Å². The summed E-state index contributed by atoms with van der Waals surface area (Å²) in [4.78, 5) is 0. The lowest BCUT2D eigenvalue weighted by Gasteiger charge is -2.16. The van der Waals surface area contributed by atoms with Crippen molar-refractivity contribution in [3.8, 4) is 0 Å². The minimum atomic E-state index is -0.0823. The first-order valence-electron chi connectivity index (χ1n) is 4.65. The van der Waals surface area contributed by atoms with Crippen LogP contribution < -0.4 is 0 Å². The van der Waals surface area contributed by atoms with Crippen LogP contribution in [0.25, 0.3) is 0 Å². The van der Waals surface area contributed by atoms with Crippen LogP contribution in [0.4, 0.5) is 0 Å². The summed E-state index contributed by atoms with van der Waals surface area (Å²) < 4.78 is 10.3. The highest BCUT2D eigenvalue weighted by atomic mass is 16.7. The van der Waals surface area contributed by atoms with Gasteiger partial charge in [-0.2, -0.15) is 0 Å². The van der Waals surface area contributed by atoms with Gasteiger partial charge in [-0.15, -0.1) is 0 Å². The van der Waals surface area contributed by atoms with Gasteiger partial charge in [0, 0.05) is 20.1 Å². The zero-order valence-electron chi connectivity index (χ0n) is 8.35. The fraction of sp³-hybridized carbons (Fsp3) is 0.455. The van der Waals surface area contributed by atoms with Crippen LogP contribution in [0.3, 0.4) is 0 Å². The Bertz CT molecular complexity index is 236. The minimum Gasteiger partial charge on any atom is -0.396 e. The maximum Gasteiger partial charge on any atom is 0.147 e. The molecular weight excluding hydrogens is 180 g/mol. The number of methoxy groups -OCH3 is 1. The molecule has 0 amide bonds. The molecule has 3 heteroatoms. The SMILES string of the molecule is COCOC(CCO)c1ccccc1. The van der Waals surface area contributed by atoms with Crippen LogP contribution in [0.2, 0.25) is 0 Å². The van der Waals surface area contributed by atoms with E-state index in [0.29, 0.717) is 6.42 Å². The topological polar surface area (TPSA) is 38.7 Å². The predicted molar refractivity (Wildman–Crippen MR) is 53.8 cm³/mol. The molecule has 0 aliphatic rings.